The fourth-order valence-electron chi connectivity index (χ4n) is 1.39. The summed E-state index contributed by atoms with van der Waals surface area (Å²) in [5.41, 5.74) is 1.39. The first-order chi connectivity index (χ1) is 8.31. The van der Waals surface area contributed by atoms with E-state index in [1.54, 1.807) is 0 Å². The van der Waals surface area contributed by atoms with Crippen LogP contribution in [-0.2, 0) is 6.42 Å². The lowest BCUT2D eigenvalue weighted by atomic mass is 10.2. The Balaban J connectivity index is 2.34. The molecule has 0 unspecified atom stereocenters. The SMILES string of the molecule is CCc1ncnc(C#Cc2ccccc2)c1F. The highest BCUT2D eigenvalue weighted by Gasteiger charge is 2.06. The first kappa shape index (κ1) is 11.3. The van der Waals surface area contributed by atoms with Crippen molar-refractivity contribution in [2.24, 2.45) is 0 Å². The molecular weight excluding hydrogens is 215 g/mol. The number of aromatic nitrogens is 2. The maximum Gasteiger partial charge on any atom is 0.178 e. The van der Waals surface area contributed by atoms with Gasteiger partial charge in [0.2, 0.25) is 0 Å². The zero-order valence-electron chi connectivity index (χ0n) is 9.44. The van der Waals surface area contributed by atoms with Gasteiger partial charge in [0.05, 0.1) is 5.69 Å². The lowest BCUT2D eigenvalue weighted by Gasteiger charge is -1.98. The van der Waals surface area contributed by atoms with Crippen LogP contribution < -0.4 is 0 Å². The van der Waals surface area contributed by atoms with Crippen LogP contribution in [0, 0.1) is 17.7 Å². The van der Waals surface area contributed by atoms with E-state index in [1.807, 2.05) is 37.3 Å². The van der Waals surface area contributed by atoms with E-state index in [-0.39, 0.29) is 5.69 Å². The van der Waals surface area contributed by atoms with E-state index in [0.717, 1.165) is 5.56 Å². The first-order valence-corrected chi connectivity index (χ1v) is 5.37. The van der Waals surface area contributed by atoms with E-state index in [9.17, 15) is 4.39 Å². The molecule has 0 saturated heterocycles. The molecule has 0 amide bonds. The third-order valence-corrected chi connectivity index (χ3v) is 2.30. The van der Waals surface area contributed by atoms with Crippen LogP contribution in [0.4, 0.5) is 4.39 Å². The van der Waals surface area contributed by atoms with E-state index in [1.165, 1.54) is 6.33 Å². The van der Waals surface area contributed by atoms with Crippen molar-refractivity contribution in [1.29, 1.82) is 0 Å². The number of aryl methyl sites for hydroxylation is 1. The molecule has 0 aliphatic carbocycles. The van der Waals surface area contributed by atoms with Gasteiger partial charge in [-0.3, -0.25) is 0 Å². The number of hydrogen-bond acceptors (Lipinski definition) is 2. The molecule has 0 aliphatic rings. The van der Waals surface area contributed by atoms with Crippen LogP contribution in [0.3, 0.4) is 0 Å². The van der Waals surface area contributed by atoms with Crippen molar-refractivity contribution in [3.05, 3.63) is 59.4 Å². The molecule has 1 heterocycles. The van der Waals surface area contributed by atoms with Gasteiger partial charge in [0.1, 0.15) is 6.33 Å². The molecule has 0 bridgehead atoms. The summed E-state index contributed by atoms with van der Waals surface area (Å²) in [4.78, 5) is 7.70. The summed E-state index contributed by atoms with van der Waals surface area (Å²) < 4.78 is 13.7. The average Bonchev–Trinajstić information content (AvgIpc) is 2.39. The highest BCUT2D eigenvalue weighted by molar-refractivity contribution is 5.40. The lowest BCUT2D eigenvalue weighted by molar-refractivity contribution is 0.589. The minimum Gasteiger partial charge on any atom is -0.238 e. The molecule has 1 aromatic carbocycles. The lowest BCUT2D eigenvalue weighted by Crippen LogP contribution is -1.99. The Kier molecular flexibility index (Phi) is 3.46. The van der Waals surface area contributed by atoms with Gasteiger partial charge in [-0.1, -0.05) is 31.0 Å². The van der Waals surface area contributed by atoms with Crippen LogP contribution in [0.2, 0.25) is 0 Å². The van der Waals surface area contributed by atoms with Crippen molar-refractivity contribution < 1.29 is 4.39 Å². The Hall–Kier alpha value is -2.21. The Labute approximate surface area is 99.6 Å². The fourth-order valence-corrected chi connectivity index (χ4v) is 1.39. The molecule has 0 aliphatic heterocycles. The van der Waals surface area contributed by atoms with Crippen molar-refractivity contribution in [2.75, 3.05) is 0 Å². The van der Waals surface area contributed by atoms with Gasteiger partial charge in [0, 0.05) is 5.56 Å². The Morgan fingerprint density at radius 1 is 1.12 bits per heavy atom. The first-order valence-electron chi connectivity index (χ1n) is 5.37. The van der Waals surface area contributed by atoms with E-state index in [0.29, 0.717) is 12.1 Å². The maximum atomic E-state index is 13.7. The topological polar surface area (TPSA) is 25.8 Å². The number of benzene rings is 1. The zero-order valence-corrected chi connectivity index (χ0v) is 9.44. The number of nitrogens with zero attached hydrogens (tertiary/aromatic N) is 2. The molecule has 0 saturated carbocycles. The van der Waals surface area contributed by atoms with Crippen LogP contribution in [0.1, 0.15) is 23.9 Å². The number of halogens is 1. The van der Waals surface area contributed by atoms with Crippen molar-refractivity contribution >= 4 is 0 Å². The van der Waals surface area contributed by atoms with Crippen LogP contribution in [0.15, 0.2) is 36.7 Å². The molecule has 0 atom stereocenters. The van der Waals surface area contributed by atoms with Crippen molar-refractivity contribution in [3.63, 3.8) is 0 Å². The summed E-state index contributed by atoms with van der Waals surface area (Å²) in [6.07, 6.45) is 1.88. The predicted molar refractivity (Wildman–Crippen MR) is 63.8 cm³/mol. The zero-order chi connectivity index (χ0) is 12.1. The highest BCUT2D eigenvalue weighted by atomic mass is 19.1. The van der Waals surface area contributed by atoms with Crippen molar-refractivity contribution in [1.82, 2.24) is 9.97 Å². The molecule has 0 N–H and O–H groups in total. The molecule has 3 heteroatoms. The molecule has 17 heavy (non-hydrogen) atoms. The van der Waals surface area contributed by atoms with Gasteiger partial charge in [-0.15, -0.1) is 0 Å². The second kappa shape index (κ2) is 5.22. The second-order valence-corrected chi connectivity index (χ2v) is 3.45. The molecule has 84 valence electrons. The largest absolute Gasteiger partial charge is 0.238 e. The minimum atomic E-state index is -0.418. The normalized spacial score (nSPS) is 9.53. The smallest absolute Gasteiger partial charge is 0.178 e. The molecule has 0 spiro atoms. The summed E-state index contributed by atoms with van der Waals surface area (Å²) in [7, 11) is 0. The summed E-state index contributed by atoms with van der Waals surface area (Å²) >= 11 is 0. The quantitative estimate of drug-likeness (QED) is 0.698. The molecule has 1 aromatic heterocycles. The molecule has 2 aromatic rings. The monoisotopic (exact) mass is 226 g/mol. The predicted octanol–water partition coefficient (Wildman–Crippen LogP) is 2.58. The van der Waals surface area contributed by atoms with Gasteiger partial charge in [-0.2, -0.15) is 0 Å². The third kappa shape index (κ3) is 2.67. The maximum absolute atomic E-state index is 13.7. The molecule has 0 fully saturated rings. The Morgan fingerprint density at radius 3 is 2.59 bits per heavy atom. The van der Waals surface area contributed by atoms with E-state index in [4.69, 9.17) is 0 Å². The number of hydrogen-bond donors (Lipinski definition) is 0. The van der Waals surface area contributed by atoms with Gasteiger partial charge in [-0.05, 0) is 24.5 Å². The van der Waals surface area contributed by atoms with Crippen LogP contribution >= 0.6 is 0 Å². The Morgan fingerprint density at radius 2 is 1.88 bits per heavy atom. The fraction of sp³-hybridized carbons (Fsp3) is 0.143. The van der Waals surface area contributed by atoms with Gasteiger partial charge >= 0.3 is 0 Å². The van der Waals surface area contributed by atoms with Gasteiger partial charge in [-0.25, -0.2) is 14.4 Å². The summed E-state index contributed by atoms with van der Waals surface area (Å²) in [5, 5.41) is 0. The van der Waals surface area contributed by atoms with Crippen LogP contribution in [-0.4, -0.2) is 9.97 Å². The van der Waals surface area contributed by atoms with Gasteiger partial charge < -0.3 is 0 Å². The average molecular weight is 226 g/mol. The third-order valence-electron chi connectivity index (χ3n) is 2.30. The number of rotatable bonds is 1. The molecule has 0 radical (unpaired) electrons. The summed E-state index contributed by atoms with van der Waals surface area (Å²) in [6, 6.07) is 9.42. The standard InChI is InChI=1S/C14H11FN2/c1-2-12-14(15)13(17-10-16-12)9-8-11-6-4-3-5-7-11/h3-7,10H,2H2,1H3. The van der Waals surface area contributed by atoms with Crippen molar-refractivity contribution in [2.45, 2.75) is 13.3 Å². The Bertz CT molecular complexity index is 568. The van der Waals surface area contributed by atoms with Gasteiger partial charge in [0.25, 0.3) is 0 Å². The second-order valence-electron chi connectivity index (χ2n) is 3.45. The molecule has 2 nitrogen and oxygen atoms in total. The van der Waals surface area contributed by atoms with Crippen molar-refractivity contribution in [3.8, 4) is 11.8 Å². The molecular formula is C14H11FN2. The van der Waals surface area contributed by atoms with Crippen LogP contribution in [0.25, 0.3) is 0 Å². The van der Waals surface area contributed by atoms with Gasteiger partial charge in [0.15, 0.2) is 11.5 Å². The van der Waals surface area contributed by atoms with E-state index >= 15 is 0 Å². The van der Waals surface area contributed by atoms with E-state index in [2.05, 4.69) is 21.8 Å². The molecule has 2 rings (SSSR count). The summed E-state index contributed by atoms with van der Waals surface area (Å²) in [5.74, 6) is 5.18. The van der Waals surface area contributed by atoms with Crippen LogP contribution in [0.5, 0.6) is 0 Å². The van der Waals surface area contributed by atoms with E-state index < -0.39 is 5.82 Å². The minimum absolute atomic E-state index is 0.153. The summed E-state index contributed by atoms with van der Waals surface area (Å²) in [6.45, 7) is 1.85. The highest BCUT2D eigenvalue weighted by Crippen LogP contribution is 2.07.